The first-order valence-corrected chi connectivity index (χ1v) is 8.58. The Bertz CT molecular complexity index is 592. The van der Waals surface area contributed by atoms with Gasteiger partial charge in [0, 0.05) is 35.4 Å². The topological polar surface area (TPSA) is 35.6 Å². The highest BCUT2D eigenvalue weighted by molar-refractivity contribution is 6.30. The van der Waals surface area contributed by atoms with Crippen molar-refractivity contribution in [3.63, 3.8) is 0 Å². The predicted molar refractivity (Wildman–Crippen MR) is 88.6 cm³/mol. The molecule has 0 aliphatic carbocycles. The molecule has 118 valence electrons. The Morgan fingerprint density at radius 3 is 2.73 bits per heavy atom. The van der Waals surface area contributed by atoms with Gasteiger partial charge in [-0.25, -0.2) is 4.79 Å². The summed E-state index contributed by atoms with van der Waals surface area (Å²) in [7, 11) is 2.22. The number of anilines is 1. The lowest BCUT2D eigenvalue weighted by Gasteiger charge is -2.37. The molecule has 22 heavy (non-hydrogen) atoms. The second-order valence-corrected chi connectivity index (χ2v) is 7.28. The first kappa shape index (κ1) is 14.3. The number of halogens is 1. The summed E-state index contributed by atoms with van der Waals surface area (Å²) in [5.74, 6) is 0. The van der Waals surface area contributed by atoms with Crippen LogP contribution in [-0.2, 0) is 6.42 Å². The van der Waals surface area contributed by atoms with Gasteiger partial charge in [-0.05, 0) is 62.9 Å². The lowest BCUT2D eigenvalue weighted by molar-refractivity contribution is 0.150. The first-order valence-electron chi connectivity index (χ1n) is 8.20. The summed E-state index contributed by atoms with van der Waals surface area (Å²) in [6.45, 7) is 0.751. The van der Waals surface area contributed by atoms with Crippen molar-refractivity contribution < 1.29 is 4.79 Å². The molecule has 1 aromatic carbocycles. The SMILES string of the molecule is CN1C2CCC1CC(NC(=O)N1CCc3cc(Cl)ccc31)C2. The quantitative estimate of drug-likeness (QED) is 0.863. The maximum Gasteiger partial charge on any atom is 0.322 e. The Morgan fingerprint density at radius 2 is 2.00 bits per heavy atom. The van der Waals surface area contributed by atoms with E-state index in [0.717, 1.165) is 36.5 Å². The van der Waals surface area contributed by atoms with Crippen LogP contribution in [0, 0.1) is 0 Å². The van der Waals surface area contributed by atoms with Crippen LogP contribution in [0.2, 0.25) is 5.02 Å². The van der Waals surface area contributed by atoms with Gasteiger partial charge in [-0.3, -0.25) is 4.90 Å². The molecule has 3 aliphatic heterocycles. The summed E-state index contributed by atoms with van der Waals surface area (Å²) >= 11 is 6.04. The van der Waals surface area contributed by atoms with Crippen LogP contribution in [0.5, 0.6) is 0 Å². The summed E-state index contributed by atoms with van der Waals surface area (Å²) in [4.78, 5) is 17.0. The Labute approximate surface area is 136 Å². The molecule has 0 radical (unpaired) electrons. The van der Waals surface area contributed by atoms with Gasteiger partial charge in [-0.2, -0.15) is 0 Å². The molecule has 5 heteroatoms. The molecule has 4 rings (SSSR count). The minimum Gasteiger partial charge on any atom is -0.335 e. The molecular weight excluding hydrogens is 298 g/mol. The average molecular weight is 320 g/mol. The zero-order valence-corrected chi connectivity index (χ0v) is 13.6. The first-order chi connectivity index (χ1) is 10.6. The molecule has 2 atom stereocenters. The third kappa shape index (κ3) is 2.38. The summed E-state index contributed by atoms with van der Waals surface area (Å²) in [6.07, 6.45) is 5.61. The van der Waals surface area contributed by atoms with E-state index in [4.69, 9.17) is 11.6 Å². The third-order valence-electron chi connectivity index (χ3n) is 5.61. The molecule has 0 spiro atoms. The highest BCUT2D eigenvalue weighted by Gasteiger charge is 2.39. The van der Waals surface area contributed by atoms with E-state index >= 15 is 0 Å². The number of fused-ring (bicyclic) bond motifs is 3. The van der Waals surface area contributed by atoms with Crippen LogP contribution in [-0.4, -0.2) is 42.6 Å². The van der Waals surface area contributed by atoms with Crippen LogP contribution in [0.1, 0.15) is 31.2 Å². The van der Waals surface area contributed by atoms with Gasteiger partial charge in [0.1, 0.15) is 0 Å². The Morgan fingerprint density at radius 1 is 1.27 bits per heavy atom. The average Bonchev–Trinajstić information content (AvgIpc) is 2.97. The number of piperidine rings is 1. The summed E-state index contributed by atoms with van der Waals surface area (Å²) in [5.41, 5.74) is 2.18. The number of rotatable bonds is 1. The highest BCUT2D eigenvalue weighted by atomic mass is 35.5. The van der Waals surface area contributed by atoms with Crippen molar-refractivity contribution in [3.8, 4) is 0 Å². The van der Waals surface area contributed by atoms with E-state index in [9.17, 15) is 4.79 Å². The minimum atomic E-state index is 0.0509. The molecule has 2 saturated heterocycles. The molecule has 2 amide bonds. The maximum atomic E-state index is 12.6. The molecular formula is C17H22ClN3O. The van der Waals surface area contributed by atoms with Crippen LogP contribution in [0.25, 0.3) is 0 Å². The van der Waals surface area contributed by atoms with E-state index in [1.165, 1.54) is 18.4 Å². The molecule has 2 bridgehead atoms. The largest absolute Gasteiger partial charge is 0.335 e. The lowest BCUT2D eigenvalue weighted by atomic mass is 9.98. The van der Waals surface area contributed by atoms with Crippen molar-refractivity contribution in [1.29, 1.82) is 0 Å². The lowest BCUT2D eigenvalue weighted by Crippen LogP contribution is -2.51. The van der Waals surface area contributed by atoms with Crippen LogP contribution in [0.3, 0.4) is 0 Å². The monoisotopic (exact) mass is 319 g/mol. The van der Waals surface area contributed by atoms with Gasteiger partial charge >= 0.3 is 6.03 Å². The smallest absolute Gasteiger partial charge is 0.322 e. The number of nitrogens with one attached hydrogen (secondary N) is 1. The molecule has 2 fully saturated rings. The van der Waals surface area contributed by atoms with Crippen molar-refractivity contribution in [2.24, 2.45) is 0 Å². The van der Waals surface area contributed by atoms with Gasteiger partial charge in [0.15, 0.2) is 0 Å². The molecule has 3 heterocycles. The predicted octanol–water partition coefficient (Wildman–Crippen LogP) is 3.04. The molecule has 1 aromatic rings. The van der Waals surface area contributed by atoms with E-state index in [2.05, 4.69) is 17.3 Å². The zero-order chi connectivity index (χ0) is 15.3. The number of hydrogen-bond acceptors (Lipinski definition) is 2. The maximum absolute atomic E-state index is 12.6. The number of urea groups is 1. The molecule has 2 unspecified atom stereocenters. The van der Waals surface area contributed by atoms with E-state index in [1.54, 1.807) is 0 Å². The molecule has 0 aromatic heterocycles. The van der Waals surface area contributed by atoms with Crippen molar-refractivity contribution in [3.05, 3.63) is 28.8 Å². The number of carbonyl (C=O) groups excluding carboxylic acids is 1. The fourth-order valence-corrected chi connectivity index (χ4v) is 4.56. The van der Waals surface area contributed by atoms with Crippen LogP contribution in [0.4, 0.5) is 10.5 Å². The summed E-state index contributed by atoms with van der Waals surface area (Å²) in [5, 5.41) is 4.01. The number of benzene rings is 1. The number of amides is 2. The van der Waals surface area contributed by atoms with E-state index in [1.807, 2.05) is 23.1 Å². The van der Waals surface area contributed by atoms with Gasteiger partial charge in [-0.1, -0.05) is 11.6 Å². The van der Waals surface area contributed by atoms with Gasteiger partial charge < -0.3 is 10.2 Å². The molecule has 1 N–H and O–H groups in total. The fourth-order valence-electron chi connectivity index (χ4n) is 4.36. The van der Waals surface area contributed by atoms with Gasteiger partial charge in [0.05, 0.1) is 0 Å². The highest BCUT2D eigenvalue weighted by Crippen LogP contribution is 2.35. The third-order valence-corrected chi connectivity index (χ3v) is 5.84. The molecule has 4 nitrogen and oxygen atoms in total. The number of nitrogens with zero attached hydrogens (tertiary/aromatic N) is 2. The van der Waals surface area contributed by atoms with Crippen molar-refractivity contribution in [2.75, 3.05) is 18.5 Å². The number of carbonyl (C=O) groups is 1. The van der Waals surface area contributed by atoms with Crippen molar-refractivity contribution in [2.45, 2.75) is 50.2 Å². The van der Waals surface area contributed by atoms with Crippen molar-refractivity contribution >= 4 is 23.3 Å². The summed E-state index contributed by atoms with van der Waals surface area (Å²) < 4.78 is 0. The number of hydrogen-bond donors (Lipinski definition) is 1. The summed E-state index contributed by atoms with van der Waals surface area (Å²) in [6, 6.07) is 7.46. The van der Waals surface area contributed by atoms with Crippen LogP contribution >= 0.6 is 11.6 Å². The van der Waals surface area contributed by atoms with E-state index in [-0.39, 0.29) is 6.03 Å². The second kappa shape index (κ2) is 5.43. The Kier molecular flexibility index (Phi) is 3.54. The van der Waals surface area contributed by atoms with Gasteiger partial charge in [0.25, 0.3) is 0 Å². The zero-order valence-electron chi connectivity index (χ0n) is 12.9. The van der Waals surface area contributed by atoms with Gasteiger partial charge in [-0.15, -0.1) is 0 Å². The van der Waals surface area contributed by atoms with Gasteiger partial charge in [0.2, 0.25) is 0 Å². The minimum absolute atomic E-state index is 0.0509. The second-order valence-electron chi connectivity index (χ2n) is 6.84. The Balaban J connectivity index is 1.44. The fraction of sp³-hybridized carbons (Fsp3) is 0.588. The van der Waals surface area contributed by atoms with Crippen LogP contribution < -0.4 is 10.2 Å². The van der Waals surface area contributed by atoms with E-state index in [0.29, 0.717) is 18.1 Å². The Hall–Kier alpha value is -1.26. The standard InChI is InChI=1S/C17H22ClN3O/c1-20-14-3-4-15(20)10-13(9-14)19-17(22)21-7-6-11-8-12(18)2-5-16(11)21/h2,5,8,13-15H,3-4,6-7,9-10H2,1H3,(H,19,22). The molecule has 3 aliphatic rings. The van der Waals surface area contributed by atoms with Crippen LogP contribution in [0.15, 0.2) is 18.2 Å². The molecule has 0 saturated carbocycles. The van der Waals surface area contributed by atoms with Crippen molar-refractivity contribution in [1.82, 2.24) is 10.2 Å². The normalized spacial score (nSPS) is 30.5. The van der Waals surface area contributed by atoms with E-state index < -0.39 is 0 Å².